The number of hydrogen-bond donors (Lipinski definition) is 2. The molecule has 2 aliphatic rings. The minimum atomic E-state index is -0.988. The maximum Gasteiger partial charge on any atom is 0.256 e. The van der Waals surface area contributed by atoms with E-state index in [-0.39, 0.29) is 17.9 Å². The van der Waals surface area contributed by atoms with Crippen LogP contribution in [-0.4, -0.2) is 43.2 Å². The van der Waals surface area contributed by atoms with E-state index in [4.69, 9.17) is 0 Å². The number of carbonyl (C=O) groups excluding carboxylic acids is 2. The van der Waals surface area contributed by atoms with E-state index in [0.717, 1.165) is 29.3 Å². The SMILES string of the molecule is Cn1cc2c(C(=O)Nc3cccc4c3C(=O)N([C@@H](C3CC3)C(C)(C)O)C4)cccc2n1. The van der Waals surface area contributed by atoms with Crippen molar-refractivity contribution in [1.29, 1.82) is 0 Å². The van der Waals surface area contributed by atoms with Crippen LogP contribution >= 0.6 is 0 Å². The van der Waals surface area contributed by atoms with Gasteiger partial charge in [-0.15, -0.1) is 0 Å². The van der Waals surface area contributed by atoms with Crippen LogP contribution in [0, 0.1) is 5.92 Å². The Bertz CT molecular complexity index is 1200. The van der Waals surface area contributed by atoms with Gasteiger partial charge in [0.15, 0.2) is 0 Å². The summed E-state index contributed by atoms with van der Waals surface area (Å²) < 4.78 is 1.68. The third kappa shape index (κ3) is 3.39. The number of benzene rings is 2. The predicted octanol–water partition coefficient (Wildman–Crippen LogP) is 3.33. The van der Waals surface area contributed by atoms with Gasteiger partial charge in [0.25, 0.3) is 11.8 Å². The van der Waals surface area contributed by atoms with E-state index in [1.54, 1.807) is 41.6 Å². The van der Waals surface area contributed by atoms with Crippen LogP contribution in [-0.2, 0) is 13.6 Å². The summed E-state index contributed by atoms with van der Waals surface area (Å²) >= 11 is 0. The summed E-state index contributed by atoms with van der Waals surface area (Å²) in [4.78, 5) is 28.3. The zero-order chi connectivity index (χ0) is 21.9. The van der Waals surface area contributed by atoms with Crippen LogP contribution in [0.15, 0.2) is 42.6 Å². The zero-order valence-corrected chi connectivity index (χ0v) is 17.9. The Labute approximate surface area is 180 Å². The van der Waals surface area contributed by atoms with Crippen LogP contribution in [0.25, 0.3) is 10.9 Å². The summed E-state index contributed by atoms with van der Waals surface area (Å²) in [5.74, 6) is -0.0940. The zero-order valence-electron chi connectivity index (χ0n) is 17.9. The number of anilines is 1. The second-order valence-corrected chi connectivity index (χ2v) is 9.20. The monoisotopic (exact) mass is 418 g/mol. The van der Waals surface area contributed by atoms with Crippen molar-refractivity contribution in [3.05, 3.63) is 59.3 Å². The first-order valence-corrected chi connectivity index (χ1v) is 10.6. The van der Waals surface area contributed by atoms with Gasteiger partial charge in [-0.25, -0.2) is 0 Å². The normalized spacial score (nSPS) is 17.2. The quantitative estimate of drug-likeness (QED) is 0.665. The van der Waals surface area contributed by atoms with Crippen molar-refractivity contribution in [3.8, 4) is 0 Å². The largest absolute Gasteiger partial charge is 0.388 e. The number of carbonyl (C=O) groups is 2. The molecule has 0 radical (unpaired) electrons. The number of nitrogens with one attached hydrogen (secondary N) is 1. The summed E-state index contributed by atoms with van der Waals surface area (Å²) in [5.41, 5.74) is 2.16. The molecule has 7 heteroatoms. The molecule has 3 aromatic rings. The predicted molar refractivity (Wildman–Crippen MR) is 118 cm³/mol. The summed E-state index contributed by atoms with van der Waals surface area (Å²) in [5, 5.41) is 18.8. The smallest absolute Gasteiger partial charge is 0.256 e. The van der Waals surface area contributed by atoms with Crippen molar-refractivity contribution in [2.75, 3.05) is 5.32 Å². The van der Waals surface area contributed by atoms with E-state index < -0.39 is 5.60 Å². The maximum absolute atomic E-state index is 13.4. The molecule has 1 aromatic heterocycles. The molecule has 160 valence electrons. The first-order valence-electron chi connectivity index (χ1n) is 10.6. The Morgan fingerprint density at radius 2 is 1.97 bits per heavy atom. The molecule has 1 saturated carbocycles. The number of nitrogens with zero attached hydrogens (tertiary/aromatic N) is 3. The van der Waals surface area contributed by atoms with Gasteiger partial charge >= 0.3 is 0 Å². The average Bonchev–Trinajstić information content (AvgIpc) is 3.35. The van der Waals surface area contributed by atoms with Crippen molar-refractivity contribution in [1.82, 2.24) is 14.7 Å². The van der Waals surface area contributed by atoms with Gasteiger partial charge in [0.05, 0.1) is 34.0 Å². The van der Waals surface area contributed by atoms with E-state index in [2.05, 4.69) is 10.4 Å². The molecule has 2 aromatic carbocycles. The second-order valence-electron chi connectivity index (χ2n) is 9.20. The molecule has 1 aliphatic carbocycles. The number of rotatable bonds is 5. The van der Waals surface area contributed by atoms with Gasteiger partial charge in [-0.1, -0.05) is 18.2 Å². The van der Waals surface area contributed by atoms with Crippen LogP contribution in [0.4, 0.5) is 5.69 Å². The first kappa shape index (κ1) is 19.8. The third-order valence-corrected chi connectivity index (χ3v) is 6.25. The Balaban J connectivity index is 1.47. The summed E-state index contributed by atoms with van der Waals surface area (Å²) in [6.07, 6.45) is 3.86. The summed E-state index contributed by atoms with van der Waals surface area (Å²) in [7, 11) is 1.82. The maximum atomic E-state index is 13.4. The second kappa shape index (κ2) is 6.92. The van der Waals surface area contributed by atoms with Crippen LogP contribution in [0.5, 0.6) is 0 Å². The molecule has 0 bridgehead atoms. The molecule has 5 rings (SSSR count). The highest BCUT2D eigenvalue weighted by molar-refractivity contribution is 6.15. The van der Waals surface area contributed by atoms with Gasteiger partial charge < -0.3 is 15.3 Å². The number of aliphatic hydroxyl groups is 1. The van der Waals surface area contributed by atoms with Crippen molar-refractivity contribution in [3.63, 3.8) is 0 Å². The van der Waals surface area contributed by atoms with Crippen LogP contribution in [0.2, 0.25) is 0 Å². The van der Waals surface area contributed by atoms with E-state index in [0.29, 0.717) is 29.3 Å². The van der Waals surface area contributed by atoms with E-state index in [1.807, 2.05) is 31.4 Å². The lowest BCUT2D eigenvalue weighted by Gasteiger charge is -2.37. The molecule has 31 heavy (non-hydrogen) atoms. The molecule has 0 saturated heterocycles. The Kier molecular flexibility index (Phi) is 4.41. The minimum absolute atomic E-state index is 0.135. The molecule has 2 heterocycles. The Morgan fingerprint density at radius 1 is 1.23 bits per heavy atom. The van der Waals surface area contributed by atoms with E-state index >= 15 is 0 Å². The lowest BCUT2D eigenvalue weighted by molar-refractivity contribution is -0.0224. The fourth-order valence-electron chi connectivity index (χ4n) is 4.89. The van der Waals surface area contributed by atoms with Gasteiger partial charge in [-0.2, -0.15) is 5.10 Å². The Hall–Kier alpha value is -3.19. The van der Waals surface area contributed by atoms with Gasteiger partial charge in [-0.05, 0) is 56.4 Å². The molecule has 1 atom stereocenters. The van der Waals surface area contributed by atoms with E-state index in [9.17, 15) is 14.7 Å². The molecule has 0 unspecified atom stereocenters. The minimum Gasteiger partial charge on any atom is -0.388 e. The highest BCUT2D eigenvalue weighted by Gasteiger charge is 2.48. The molecule has 7 nitrogen and oxygen atoms in total. The summed E-state index contributed by atoms with van der Waals surface area (Å²) in [6, 6.07) is 10.7. The highest BCUT2D eigenvalue weighted by atomic mass is 16.3. The molecular formula is C24H26N4O3. The van der Waals surface area contributed by atoms with Crippen molar-refractivity contribution < 1.29 is 14.7 Å². The van der Waals surface area contributed by atoms with Crippen molar-refractivity contribution in [2.45, 2.75) is 44.9 Å². The van der Waals surface area contributed by atoms with Crippen molar-refractivity contribution >= 4 is 28.4 Å². The van der Waals surface area contributed by atoms with Gasteiger partial charge in [0.2, 0.25) is 0 Å². The summed E-state index contributed by atoms with van der Waals surface area (Å²) in [6.45, 7) is 3.98. The van der Waals surface area contributed by atoms with Gasteiger partial charge in [-0.3, -0.25) is 14.3 Å². The molecule has 1 fully saturated rings. The van der Waals surface area contributed by atoms with Gasteiger partial charge in [0.1, 0.15) is 0 Å². The topological polar surface area (TPSA) is 87.5 Å². The number of fused-ring (bicyclic) bond motifs is 2. The lowest BCUT2D eigenvalue weighted by atomic mass is 9.93. The van der Waals surface area contributed by atoms with Crippen molar-refractivity contribution in [2.24, 2.45) is 13.0 Å². The molecule has 2 amide bonds. The number of amides is 2. The Morgan fingerprint density at radius 3 is 2.68 bits per heavy atom. The van der Waals surface area contributed by atoms with E-state index in [1.165, 1.54) is 0 Å². The first-order chi connectivity index (χ1) is 14.7. The van der Waals surface area contributed by atoms with Crippen LogP contribution in [0.3, 0.4) is 0 Å². The fraction of sp³-hybridized carbons (Fsp3) is 0.375. The third-order valence-electron chi connectivity index (χ3n) is 6.25. The standard InChI is InChI=1S/C24H26N4O3/c1-24(2,31)21(14-10-11-14)28-12-15-6-4-9-19(20(15)23(28)30)25-22(29)16-7-5-8-18-17(16)13-27(3)26-18/h4-9,13-14,21,31H,10-12H2,1-3H3,(H,25,29)/t21-/m0/s1. The highest BCUT2D eigenvalue weighted by Crippen LogP contribution is 2.43. The van der Waals surface area contributed by atoms with Crippen LogP contribution < -0.4 is 5.32 Å². The average molecular weight is 418 g/mol. The number of aromatic nitrogens is 2. The van der Waals surface area contributed by atoms with Crippen LogP contribution in [0.1, 0.15) is 53.0 Å². The molecule has 1 aliphatic heterocycles. The molecular weight excluding hydrogens is 392 g/mol. The number of hydrogen-bond acceptors (Lipinski definition) is 4. The van der Waals surface area contributed by atoms with Gasteiger partial charge in [0, 0.05) is 25.2 Å². The molecule has 0 spiro atoms. The molecule has 2 N–H and O–H groups in total. The fourth-order valence-corrected chi connectivity index (χ4v) is 4.89. The number of aryl methyl sites for hydroxylation is 1. The lowest BCUT2D eigenvalue weighted by Crippen LogP contribution is -2.51.